The second kappa shape index (κ2) is 9.01. The number of rotatable bonds is 7. The van der Waals surface area contributed by atoms with Gasteiger partial charge in [-0.3, -0.25) is 10.1 Å². The quantitative estimate of drug-likeness (QED) is 0.543. The Kier molecular flexibility index (Phi) is 6.46. The molecule has 7 nitrogen and oxygen atoms in total. The largest absolute Gasteiger partial charge is 0.452 e. The van der Waals surface area contributed by atoms with Gasteiger partial charge in [-0.05, 0) is 31.4 Å². The van der Waals surface area contributed by atoms with Gasteiger partial charge in [-0.25, -0.2) is 14.6 Å². The van der Waals surface area contributed by atoms with Crippen LogP contribution in [0.2, 0.25) is 0 Å². The number of hydrogen-bond donors (Lipinski definition) is 2. The molecule has 1 aliphatic rings. The molecule has 1 fully saturated rings. The number of thioether (sulfide) groups is 1. The number of ether oxygens (including phenoxy) is 1. The summed E-state index contributed by atoms with van der Waals surface area (Å²) in [7, 11) is 0. The number of aryl methyl sites for hydroxylation is 1. The van der Waals surface area contributed by atoms with Gasteiger partial charge in [0, 0.05) is 22.9 Å². The number of carbonyl (C=O) groups is 3. The highest BCUT2D eigenvalue weighted by atomic mass is 32.2. The molecule has 0 bridgehead atoms. The molecule has 1 aromatic heterocycles. The molecule has 0 aliphatic heterocycles. The number of amides is 3. The first kappa shape index (κ1) is 19.4. The standard InChI is InChI=1S/C18H19N3O4S2/c1-11-9-26-18(19-11)27-10-12-4-2-3-5-14(12)16(23)25-8-15(22)21-17(24)20-13-6-7-13/h2-5,9,13H,6-8,10H2,1H3,(H2,20,21,22,24). The summed E-state index contributed by atoms with van der Waals surface area (Å²) >= 11 is 3.09. The summed E-state index contributed by atoms with van der Waals surface area (Å²) in [5, 5.41) is 6.75. The van der Waals surface area contributed by atoms with E-state index in [2.05, 4.69) is 15.6 Å². The van der Waals surface area contributed by atoms with Gasteiger partial charge >= 0.3 is 12.0 Å². The Morgan fingerprint density at radius 3 is 2.78 bits per heavy atom. The van der Waals surface area contributed by atoms with Crippen LogP contribution in [0.3, 0.4) is 0 Å². The van der Waals surface area contributed by atoms with Crippen molar-refractivity contribution in [3.8, 4) is 0 Å². The highest BCUT2D eigenvalue weighted by molar-refractivity contribution is 8.00. The van der Waals surface area contributed by atoms with Gasteiger partial charge in [0.1, 0.15) is 4.34 Å². The molecule has 0 atom stereocenters. The van der Waals surface area contributed by atoms with E-state index in [0.717, 1.165) is 28.4 Å². The average molecular weight is 406 g/mol. The molecule has 0 saturated heterocycles. The van der Waals surface area contributed by atoms with Crippen LogP contribution in [0.25, 0.3) is 0 Å². The van der Waals surface area contributed by atoms with Crippen molar-refractivity contribution in [1.29, 1.82) is 0 Å². The van der Waals surface area contributed by atoms with Gasteiger partial charge in [-0.2, -0.15) is 0 Å². The molecule has 1 heterocycles. The van der Waals surface area contributed by atoms with Crippen molar-refractivity contribution in [2.45, 2.75) is 35.9 Å². The Labute approximate surface area is 164 Å². The van der Waals surface area contributed by atoms with E-state index in [-0.39, 0.29) is 6.04 Å². The van der Waals surface area contributed by atoms with Gasteiger partial charge in [-0.1, -0.05) is 30.0 Å². The molecule has 1 saturated carbocycles. The van der Waals surface area contributed by atoms with Crippen LogP contribution in [-0.2, 0) is 15.3 Å². The Morgan fingerprint density at radius 2 is 2.07 bits per heavy atom. The highest BCUT2D eigenvalue weighted by Gasteiger charge is 2.24. The number of nitrogens with zero attached hydrogens (tertiary/aromatic N) is 1. The lowest BCUT2D eigenvalue weighted by Crippen LogP contribution is -2.42. The molecule has 1 aromatic carbocycles. The number of nitrogens with one attached hydrogen (secondary N) is 2. The summed E-state index contributed by atoms with van der Waals surface area (Å²) in [6, 6.07) is 6.66. The summed E-state index contributed by atoms with van der Waals surface area (Å²) < 4.78 is 5.98. The second-order valence-corrected chi connectivity index (χ2v) is 8.15. The van der Waals surface area contributed by atoms with E-state index in [1.165, 1.54) is 11.8 Å². The third kappa shape index (κ3) is 6.07. The van der Waals surface area contributed by atoms with E-state index in [4.69, 9.17) is 4.74 Å². The number of carbonyl (C=O) groups excluding carboxylic acids is 3. The monoisotopic (exact) mass is 405 g/mol. The molecule has 142 valence electrons. The summed E-state index contributed by atoms with van der Waals surface area (Å²) in [6.45, 7) is 1.42. The Morgan fingerprint density at radius 1 is 1.30 bits per heavy atom. The van der Waals surface area contributed by atoms with Gasteiger partial charge in [0.2, 0.25) is 0 Å². The molecule has 2 aromatic rings. The highest BCUT2D eigenvalue weighted by Crippen LogP contribution is 2.27. The Hall–Kier alpha value is -2.39. The maximum Gasteiger partial charge on any atom is 0.338 e. The number of esters is 1. The maximum absolute atomic E-state index is 12.3. The number of thiazole rings is 1. The van der Waals surface area contributed by atoms with Crippen LogP contribution in [-0.4, -0.2) is 35.5 Å². The normalized spacial score (nSPS) is 13.1. The molecule has 1 aliphatic carbocycles. The summed E-state index contributed by atoms with van der Waals surface area (Å²) in [6.07, 6.45) is 1.85. The lowest BCUT2D eigenvalue weighted by Gasteiger charge is -2.09. The van der Waals surface area contributed by atoms with Crippen LogP contribution < -0.4 is 10.6 Å². The van der Waals surface area contributed by atoms with E-state index < -0.39 is 24.5 Å². The Balaban J connectivity index is 1.51. The van der Waals surface area contributed by atoms with Gasteiger partial charge in [-0.15, -0.1) is 11.3 Å². The van der Waals surface area contributed by atoms with E-state index in [0.29, 0.717) is 11.3 Å². The van der Waals surface area contributed by atoms with Crippen LogP contribution >= 0.6 is 23.1 Å². The molecule has 0 unspecified atom stereocenters. The van der Waals surface area contributed by atoms with Crippen LogP contribution in [0.15, 0.2) is 34.0 Å². The fourth-order valence-corrected chi connectivity index (χ4v) is 4.06. The van der Waals surface area contributed by atoms with Crippen molar-refractivity contribution in [2.24, 2.45) is 0 Å². The van der Waals surface area contributed by atoms with Crippen LogP contribution in [0, 0.1) is 6.92 Å². The number of benzene rings is 1. The third-order valence-electron chi connectivity index (χ3n) is 3.69. The predicted octanol–water partition coefficient (Wildman–Crippen LogP) is 2.89. The first-order chi connectivity index (χ1) is 13.0. The topological polar surface area (TPSA) is 97.4 Å². The number of imide groups is 1. The first-order valence-electron chi connectivity index (χ1n) is 8.41. The van der Waals surface area contributed by atoms with Gasteiger partial charge in [0.05, 0.1) is 5.56 Å². The van der Waals surface area contributed by atoms with Crippen molar-refractivity contribution in [1.82, 2.24) is 15.6 Å². The van der Waals surface area contributed by atoms with Crippen molar-refractivity contribution < 1.29 is 19.1 Å². The average Bonchev–Trinajstić information content (AvgIpc) is 3.36. The second-order valence-electron chi connectivity index (χ2n) is 6.07. The van der Waals surface area contributed by atoms with E-state index in [9.17, 15) is 14.4 Å². The van der Waals surface area contributed by atoms with Crippen LogP contribution in [0.5, 0.6) is 0 Å². The fourth-order valence-electron chi connectivity index (χ4n) is 2.20. The predicted molar refractivity (Wildman–Crippen MR) is 103 cm³/mol. The van der Waals surface area contributed by atoms with Crippen molar-refractivity contribution >= 4 is 41.0 Å². The molecule has 2 N–H and O–H groups in total. The smallest absolute Gasteiger partial charge is 0.338 e. The summed E-state index contributed by atoms with van der Waals surface area (Å²) in [4.78, 5) is 40.0. The van der Waals surface area contributed by atoms with Crippen LogP contribution in [0.1, 0.15) is 34.5 Å². The van der Waals surface area contributed by atoms with Crippen molar-refractivity contribution in [3.05, 3.63) is 46.5 Å². The van der Waals surface area contributed by atoms with E-state index >= 15 is 0 Å². The SMILES string of the molecule is Cc1csc(SCc2ccccc2C(=O)OCC(=O)NC(=O)NC2CC2)n1. The zero-order valence-electron chi connectivity index (χ0n) is 14.7. The minimum atomic E-state index is -0.661. The zero-order chi connectivity index (χ0) is 19.2. The van der Waals surface area contributed by atoms with E-state index in [1.807, 2.05) is 24.4 Å². The number of hydrogen-bond acceptors (Lipinski definition) is 7. The Bertz CT molecular complexity index is 849. The first-order valence-corrected chi connectivity index (χ1v) is 10.3. The van der Waals surface area contributed by atoms with Gasteiger partial charge in [0.25, 0.3) is 5.91 Å². The van der Waals surface area contributed by atoms with E-state index in [1.54, 1.807) is 23.5 Å². The zero-order valence-corrected chi connectivity index (χ0v) is 16.3. The number of urea groups is 1. The molecule has 3 amide bonds. The molecular formula is C18H19N3O4S2. The molecule has 9 heteroatoms. The lowest BCUT2D eigenvalue weighted by molar-refractivity contribution is -0.123. The fraction of sp³-hybridized carbons (Fsp3) is 0.333. The summed E-state index contributed by atoms with van der Waals surface area (Å²) in [5.41, 5.74) is 2.16. The van der Waals surface area contributed by atoms with Crippen molar-refractivity contribution in [3.63, 3.8) is 0 Å². The molecule has 3 rings (SSSR count). The molecule has 27 heavy (non-hydrogen) atoms. The lowest BCUT2D eigenvalue weighted by atomic mass is 10.1. The van der Waals surface area contributed by atoms with Crippen LogP contribution in [0.4, 0.5) is 4.79 Å². The number of aromatic nitrogens is 1. The van der Waals surface area contributed by atoms with Crippen molar-refractivity contribution in [2.75, 3.05) is 6.61 Å². The summed E-state index contributed by atoms with van der Waals surface area (Å²) in [5.74, 6) is -0.695. The van der Waals surface area contributed by atoms with Gasteiger partial charge in [0.15, 0.2) is 6.61 Å². The van der Waals surface area contributed by atoms with Gasteiger partial charge < -0.3 is 10.1 Å². The maximum atomic E-state index is 12.3. The third-order valence-corrected chi connectivity index (χ3v) is 5.87. The minimum Gasteiger partial charge on any atom is -0.452 e. The molecular weight excluding hydrogens is 386 g/mol. The molecule has 0 spiro atoms. The molecule has 0 radical (unpaired) electrons. The minimum absolute atomic E-state index is 0.145.